The first-order valence-electron chi connectivity index (χ1n) is 14.2. The number of hydrogen-bond donors (Lipinski definition) is 0. The molecule has 3 N–H and O–H groups in total. The van der Waals surface area contributed by atoms with Crippen molar-refractivity contribution in [3.63, 3.8) is 0 Å². The summed E-state index contributed by atoms with van der Waals surface area (Å²) in [6, 6.07) is 58.0. The molecule has 44 heavy (non-hydrogen) atoms. The van der Waals surface area contributed by atoms with Gasteiger partial charge in [0.2, 0.25) is 0 Å². The molecule has 0 unspecified atom stereocenters. The van der Waals surface area contributed by atoms with Crippen molar-refractivity contribution in [1.82, 2.24) is 0 Å². The second-order valence-corrected chi connectivity index (χ2v) is 9.69. The van der Waals surface area contributed by atoms with Crippen molar-refractivity contribution in [3.8, 4) is 44.9 Å². The smallest absolute Gasteiger partial charge is 0.251 e. The second-order valence-electron chi connectivity index (χ2n) is 9.69. The number of rotatable bonds is 4. The first-order chi connectivity index (χ1) is 21.3. The van der Waals surface area contributed by atoms with E-state index in [4.69, 9.17) is 0 Å². The molecule has 3 nitrogen and oxygen atoms in total. The molecular weight excluding hydrogens is 529 g/mol. The fourth-order valence-electron chi connectivity index (χ4n) is 4.46. The van der Waals surface area contributed by atoms with Crippen molar-refractivity contribution < 1.29 is 33.8 Å². The molecule has 3 aromatic heterocycles. The maximum atomic E-state index is 3.35. The van der Waals surface area contributed by atoms with Crippen LogP contribution < -0.4 is 33.8 Å². The molecule has 0 spiro atoms. The van der Waals surface area contributed by atoms with Gasteiger partial charge in [0.05, 0.1) is 0 Å². The number of H-pyrrole nitrogens is 3. The summed E-state index contributed by atoms with van der Waals surface area (Å²) in [6.07, 6.45) is 5.88. The Balaban J connectivity index is 0.000000155. The Morgan fingerprint density at radius 1 is 0.432 bits per heavy atom. The molecule has 0 aliphatic carbocycles. The fraction of sp³-hybridized carbons (Fsp3) is 0.0250. The summed E-state index contributed by atoms with van der Waals surface area (Å²) in [5.74, 6) is 0. The van der Waals surface area contributed by atoms with Crippen molar-refractivity contribution in [2.75, 3.05) is 0 Å². The maximum absolute atomic E-state index is 3.35. The Labute approximate surface area is 272 Å². The van der Waals surface area contributed by atoms with Crippen LogP contribution in [0.5, 0.6) is 0 Å². The quantitative estimate of drug-likeness (QED) is 0.217. The third-order valence-corrected chi connectivity index (χ3v) is 6.68. The number of hydrogen-bond acceptors (Lipinski definition) is 0. The predicted molar refractivity (Wildman–Crippen MR) is 172 cm³/mol. The van der Waals surface area contributed by atoms with E-state index in [0.29, 0.717) is 0 Å². The van der Waals surface area contributed by atoms with Crippen molar-refractivity contribution in [1.29, 1.82) is 0 Å². The SMILES string of the molecule is Cc1ccccc1-c1ccc(-c2[c-]cccc2)[nH+]c1.[Li+].[c-]1ccccc1-c1cccc[nH+]1.[c-]1ccccc1-c1cccc[nH+]1. The van der Waals surface area contributed by atoms with Crippen LogP contribution in [0.1, 0.15) is 5.56 Å². The molecule has 0 bridgehead atoms. The van der Waals surface area contributed by atoms with Crippen LogP contribution in [0.4, 0.5) is 0 Å². The minimum absolute atomic E-state index is 0. The van der Waals surface area contributed by atoms with Crippen molar-refractivity contribution in [2.24, 2.45) is 0 Å². The van der Waals surface area contributed by atoms with Gasteiger partial charge in [0.15, 0.2) is 18.6 Å². The number of benzene rings is 4. The molecule has 0 atom stereocenters. The zero-order chi connectivity index (χ0) is 29.5. The monoisotopic (exact) mass is 562 g/mol. The van der Waals surface area contributed by atoms with Gasteiger partial charge in [-0.15, -0.1) is 91.0 Å². The van der Waals surface area contributed by atoms with Crippen LogP contribution in [-0.4, -0.2) is 0 Å². The minimum atomic E-state index is 0. The normalized spacial score (nSPS) is 9.75. The van der Waals surface area contributed by atoms with Crippen LogP contribution in [-0.2, 0) is 0 Å². The Morgan fingerprint density at radius 3 is 1.27 bits per heavy atom. The number of aryl methyl sites for hydroxylation is 1. The molecule has 4 heteroatoms. The van der Waals surface area contributed by atoms with Crippen LogP contribution in [0, 0.1) is 25.1 Å². The van der Waals surface area contributed by atoms with E-state index in [1.807, 2.05) is 116 Å². The van der Waals surface area contributed by atoms with E-state index in [9.17, 15) is 0 Å². The third kappa shape index (κ3) is 9.21. The van der Waals surface area contributed by atoms with Gasteiger partial charge in [0, 0.05) is 17.7 Å². The van der Waals surface area contributed by atoms with Gasteiger partial charge >= 0.3 is 18.9 Å². The Morgan fingerprint density at radius 2 is 0.886 bits per heavy atom. The first kappa shape index (κ1) is 31.9. The number of pyridine rings is 3. The standard InChI is InChI=1S/C18H14N.2C11H8N.Li/c1-14-7-5-6-10-17(14)16-11-12-18(19-13-16)15-8-3-2-4-9-15;2*1-2-6-10(7-3-1)11-8-4-5-9-12-11;/h2-8,10-13H,1H3;2*1-6,8-9H;/q3*-1;+1/p+3. The topological polar surface area (TPSA) is 42.4 Å². The van der Waals surface area contributed by atoms with Gasteiger partial charge in [0.1, 0.15) is 17.1 Å². The van der Waals surface area contributed by atoms with E-state index in [-0.39, 0.29) is 18.9 Å². The summed E-state index contributed by atoms with van der Waals surface area (Å²) in [4.78, 5) is 9.65. The fourth-order valence-corrected chi connectivity index (χ4v) is 4.46. The molecular formula is C40H33LiN3+. The van der Waals surface area contributed by atoms with Gasteiger partial charge < -0.3 is 0 Å². The second kappa shape index (κ2) is 17.1. The van der Waals surface area contributed by atoms with Crippen LogP contribution in [0.25, 0.3) is 44.9 Å². The van der Waals surface area contributed by atoms with E-state index in [0.717, 1.165) is 33.8 Å². The number of aromatic nitrogens is 3. The van der Waals surface area contributed by atoms with E-state index >= 15 is 0 Å². The largest absolute Gasteiger partial charge is 1.00 e. The number of aromatic amines is 3. The molecule has 4 aromatic carbocycles. The van der Waals surface area contributed by atoms with Crippen molar-refractivity contribution in [3.05, 3.63) is 188 Å². The summed E-state index contributed by atoms with van der Waals surface area (Å²) in [6.45, 7) is 2.13. The van der Waals surface area contributed by atoms with Gasteiger partial charge in [-0.05, 0) is 36.2 Å². The molecule has 0 aliphatic rings. The van der Waals surface area contributed by atoms with Crippen LogP contribution in [0.2, 0.25) is 0 Å². The van der Waals surface area contributed by atoms with Gasteiger partial charge in [-0.1, -0.05) is 59.2 Å². The van der Waals surface area contributed by atoms with Crippen molar-refractivity contribution >= 4 is 0 Å². The molecule has 3 heterocycles. The van der Waals surface area contributed by atoms with Crippen LogP contribution >= 0.6 is 0 Å². The summed E-state index contributed by atoms with van der Waals surface area (Å²) in [7, 11) is 0. The molecule has 0 saturated carbocycles. The van der Waals surface area contributed by atoms with E-state index in [2.05, 4.69) is 88.7 Å². The molecule has 0 aliphatic heterocycles. The first-order valence-corrected chi connectivity index (χ1v) is 14.2. The Hall–Kier alpha value is -5.07. The van der Waals surface area contributed by atoms with E-state index in [1.54, 1.807) is 0 Å². The van der Waals surface area contributed by atoms with E-state index < -0.39 is 0 Å². The van der Waals surface area contributed by atoms with Gasteiger partial charge in [-0.2, -0.15) is 0 Å². The molecule has 7 aromatic rings. The maximum Gasteiger partial charge on any atom is 1.00 e. The van der Waals surface area contributed by atoms with Gasteiger partial charge in [0.25, 0.3) is 0 Å². The van der Waals surface area contributed by atoms with Crippen LogP contribution in [0.3, 0.4) is 0 Å². The van der Waals surface area contributed by atoms with Gasteiger partial charge in [-0.25, -0.2) is 0 Å². The summed E-state index contributed by atoms with van der Waals surface area (Å²) >= 11 is 0. The zero-order valence-electron chi connectivity index (χ0n) is 25.1. The average molecular weight is 563 g/mol. The average Bonchev–Trinajstić information content (AvgIpc) is 3.11. The van der Waals surface area contributed by atoms with Crippen LogP contribution in [0.15, 0.2) is 164 Å². The third-order valence-electron chi connectivity index (χ3n) is 6.68. The Kier molecular flexibility index (Phi) is 12.4. The Bertz CT molecular complexity index is 1630. The summed E-state index contributed by atoms with van der Waals surface area (Å²) < 4.78 is 0. The molecule has 0 radical (unpaired) electrons. The summed E-state index contributed by atoms with van der Waals surface area (Å²) in [5, 5.41) is 0. The molecule has 208 valence electrons. The predicted octanol–water partition coefficient (Wildman–Crippen LogP) is 4.88. The minimum Gasteiger partial charge on any atom is -0.251 e. The molecule has 0 fully saturated rings. The molecule has 0 saturated heterocycles. The van der Waals surface area contributed by atoms with Gasteiger partial charge in [-0.3, -0.25) is 15.0 Å². The molecule has 0 amide bonds. The van der Waals surface area contributed by atoms with E-state index in [1.165, 1.54) is 16.7 Å². The van der Waals surface area contributed by atoms with Crippen molar-refractivity contribution in [2.45, 2.75) is 6.92 Å². The number of nitrogens with one attached hydrogen (secondary N) is 3. The molecule has 7 rings (SSSR count). The summed E-state index contributed by atoms with van der Waals surface area (Å²) in [5.41, 5.74) is 10.3. The zero-order valence-corrected chi connectivity index (χ0v) is 25.1.